The van der Waals surface area contributed by atoms with Crippen molar-refractivity contribution in [2.75, 3.05) is 41.0 Å². The second-order valence-electron chi connectivity index (χ2n) is 3.62. The van der Waals surface area contributed by atoms with Gasteiger partial charge in [-0.25, -0.2) is 0 Å². The van der Waals surface area contributed by atoms with Crippen molar-refractivity contribution < 1.29 is 9.47 Å². The minimum Gasteiger partial charge on any atom is -0.385 e. The maximum absolute atomic E-state index is 5.07. The summed E-state index contributed by atoms with van der Waals surface area (Å²) in [6, 6.07) is 0.548. The highest BCUT2D eigenvalue weighted by molar-refractivity contribution is 9.09. The minimum atomic E-state index is 0.405. The van der Waals surface area contributed by atoms with Crippen molar-refractivity contribution in [3.63, 3.8) is 0 Å². The van der Waals surface area contributed by atoms with E-state index in [1.54, 1.807) is 14.2 Å². The van der Waals surface area contributed by atoms with Crippen LogP contribution in [0.3, 0.4) is 0 Å². The molecule has 3 nitrogen and oxygen atoms in total. The predicted octanol–water partition coefficient (Wildman–Crippen LogP) is 1.75. The van der Waals surface area contributed by atoms with Gasteiger partial charge < -0.3 is 14.4 Å². The van der Waals surface area contributed by atoms with Crippen LogP contribution in [0.2, 0.25) is 0 Å². The highest BCUT2D eigenvalue weighted by atomic mass is 79.9. The molecular formula is C10H22BrNO2. The zero-order chi connectivity index (χ0) is 11.0. The minimum absolute atomic E-state index is 0.405. The molecule has 0 saturated heterocycles. The lowest BCUT2D eigenvalue weighted by Gasteiger charge is -2.26. The number of methoxy groups -OCH3 is 2. The van der Waals surface area contributed by atoms with E-state index in [2.05, 4.69) is 34.8 Å². The third-order valence-corrected chi connectivity index (χ3v) is 2.88. The largest absolute Gasteiger partial charge is 0.385 e. The summed E-state index contributed by atoms with van der Waals surface area (Å²) in [5.41, 5.74) is 0. The molecule has 14 heavy (non-hydrogen) atoms. The summed E-state index contributed by atoms with van der Waals surface area (Å²) in [5.74, 6) is 0. The van der Waals surface area contributed by atoms with Crippen LogP contribution in [0.4, 0.5) is 0 Å². The van der Waals surface area contributed by atoms with Crippen LogP contribution < -0.4 is 0 Å². The quantitative estimate of drug-likeness (QED) is 0.626. The second-order valence-corrected chi connectivity index (χ2v) is 4.92. The lowest BCUT2D eigenvalue weighted by atomic mass is 10.2. The van der Waals surface area contributed by atoms with Crippen molar-refractivity contribution in [1.29, 1.82) is 0 Å². The zero-order valence-electron chi connectivity index (χ0n) is 9.62. The maximum atomic E-state index is 5.07. The lowest BCUT2D eigenvalue weighted by Crippen LogP contribution is -2.35. The van der Waals surface area contributed by atoms with Gasteiger partial charge in [0, 0.05) is 33.4 Å². The summed E-state index contributed by atoms with van der Waals surface area (Å²) in [6.45, 7) is 4.79. The number of rotatable bonds is 8. The number of nitrogens with zero attached hydrogens (tertiary/aromatic N) is 1. The van der Waals surface area contributed by atoms with E-state index in [0.29, 0.717) is 10.9 Å². The van der Waals surface area contributed by atoms with Crippen molar-refractivity contribution in [3.05, 3.63) is 0 Å². The van der Waals surface area contributed by atoms with Crippen LogP contribution in [0.5, 0.6) is 0 Å². The Hall–Kier alpha value is 0.360. The molecule has 86 valence electrons. The molecule has 0 aliphatic rings. The Labute approximate surface area is 95.9 Å². The van der Waals surface area contributed by atoms with Gasteiger partial charge in [-0.05, 0) is 20.4 Å². The summed E-state index contributed by atoms with van der Waals surface area (Å²) in [5, 5.41) is 0. The third-order valence-electron chi connectivity index (χ3n) is 2.33. The number of hydrogen-bond acceptors (Lipinski definition) is 3. The first kappa shape index (κ1) is 14.4. The molecule has 0 aliphatic carbocycles. The van der Waals surface area contributed by atoms with Crippen molar-refractivity contribution >= 4 is 15.9 Å². The van der Waals surface area contributed by atoms with Gasteiger partial charge in [-0.3, -0.25) is 0 Å². The van der Waals surface area contributed by atoms with Gasteiger partial charge in [-0.1, -0.05) is 15.9 Å². The molecule has 0 aromatic rings. The Balaban J connectivity index is 3.64. The van der Waals surface area contributed by atoms with Crippen LogP contribution >= 0.6 is 15.9 Å². The average molecular weight is 268 g/mol. The molecule has 0 heterocycles. The summed E-state index contributed by atoms with van der Waals surface area (Å²) >= 11 is 3.58. The van der Waals surface area contributed by atoms with Gasteiger partial charge in [-0.2, -0.15) is 0 Å². The van der Waals surface area contributed by atoms with Crippen LogP contribution in [0.25, 0.3) is 0 Å². The highest BCUT2D eigenvalue weighted by Crippen LogP contribution is 2.07. The van der Waals surface area contributed by atoms with E-state index in [1.165, 1.54) is 0 Å². The van der Waals surface area contributed by atoms with E-state index in [1.807, 2.05) is 0 Å². The van der Waals surface area contributed by atoms with E-state index >= 15 is 0 Å². The van der Waals surface area contributed by atoms with E-state index in [-0.39, 0.29) is 0 Å². The second kappa shape index (κ2) is 8.65. The van der Waals surface area contributed by atoms with Gasteiger partial charge in [-0.15, -0.1) is 0 Å². The fourth-order valence-corrected chi connectivity index (χ4v) is 1.96. The van der Waals surface area contributed by atoms with Crippen molar-refractivity contribution in [2.45, 2.75) is 24.2 Å². The number of halogens is 1. The highest BCUT2D eigenvalue weighted by Gasteiger charge is 2.12. The fraction of sp³-hybridized carbons (Fsp3) is 1.00. The molecule has 4 heteroatoms. The molecule has 2 atom stereocenters. The van der Waals surface area contributed by atoms with E-state index in [0.717, 1.165) is 26.2 Å². The molecule has 0 aromatic heterocycles. The number of alkyl halides is 1. The van der Waals surface area contributed by atoms with Crippen LogP contribution in [0.1, 0.15) is 13.3 Å². The Morgan fingerprint density at radius 3 is 2.43 bits per heavy atom. The van der Waals surface area contributed by atoms with E-state index in [4.69, 9.17) is 9.47 Å². The molecule has 0 rings (SSSR count). The Morgan fingerprint density at radius 1 is 1.29 bits per heavy atom. The molecule has 0 radical (unpaired) electrons. The van der Waals surface area contributed by atoms with Crippen molar-refractivity contribution in [1.82, 2.24) is 4.90 Å². The van der Waals surface area contributed by atoms with Gasteiger partial charge in [0.15, 0.2) is 0 Å². The van der Waals surface area contributed by atoms with E-state index < -0.39 is 0 Å². The first-order valence-electron chi connectivity index (χ1n) is 4.94. The summed E-state index contributed by atoms with van der Waals surface area (Å²) in [7, 11) is 5.60. The fourth-order valence-electron chi connectivity index (χ4n) is 1.23. The monoisotopic (exact) mass is 267 g/mol. The summed E-state index contributed by atoms with van der Waals surface area (Å²) in [4.78, 5) is 2.72. The lowest BCUT2D eigenvalue weighted by molar-refractivity contribution is 0.142. The van der Waals surface area contributed by atoms with Gasteiger partial charge in [0.05, 0.1) is 11.4 Å². The van der Waals surface area contributed by atoms with Crippen molar-refractivity contribution in [3.8, 4) is 0 Å². The molecule has 0 fully saturated rings. The summed E-state index contributed by atoms with van der Waals surface area (Å²) < 4.78 is 10.1. The molecule has 0 amide bonds. The standard InChI is InChI=1S/C10H22BrNO2/c1-9(5-6-13-3)12(2)7-10(11)8-14-4/h9-10H,5-8H2,1-4H3. The smallest absolute Gasteiger partial charge is 0.0600 e. The van der Waals surface area contributed by atoms with Crippen LogP contribution in [0, 0.1) is 0 Å². The maximum Gasteiger partial charge on any atom is 0.0600 e. The predicted molar refractivity (Wildman–Crippen MR) is 63.2 cm³/mol. The van der Waals surface area contributed by atoms with Crippen LogP contribution in [-0.4, -0.2) is 56.8 Å². The van der Waals surface area contributed by atoms with Crippen LogP contribution in [0.15, 0.2) is 0 Å². The SMILES string of the molecule is COCCC(C)N(C)CC(Br)COC. The van der Waals surface area contributed by atoms with Gasteiger partial charge in [0.2, 0.25) is 0 Å². The number of ether oxygens (including phenoxy) is 2. The van der Waals surface area contributed by atoms with E-state index in [9.17, 15) is 0 Å². The van der Waals surface area contributed by atoms with Crippen LogP contribution in [-0.2, 0) is 9.47 Å². The van der Waals surface area contributed by atoms with Gasteiger partial charge in [0.1, 0.15) is 0 Å². The normalized spacial score (nSPS) is 15.9. The van der Waals surface area contributed by atoms with Gasteiger partial charge in [0.25, 0.3) is 0 Å². The third kappa shape index (κ3) is 6.76. The number of hydrogen-bond donors (Lipinski definition) is 0. The Bertz CT molecular complexity index is 135. The molecule has 0 aliphatic heterocycles. The molecule has 0 aromatic carbocycles. The first-order valence-corrected chi connectivity index (χ1v) is 5.85. The molecule has 2 unspecified atom stereocenters. The first-order chi connectivity index (χ1) is 6.61. The average Bonchev–Trinajstić information content (AvgIpc) is 2.14. The topological polar surface area (TPSA) is 21.7 Å². The molecule has 0 saturated carbocycles. The summed E-state index contributed by atoms with van der Waals surface area (Å²) in [6.07, 6.45) is 1.07. The molecule has 0 spiro atoms. The van der Waals surface area contributed by atoms with Crippen molar-refractivity contribution in [2.24, 2.45) is 0 Å². The van der Waals surface area contributed by atoms with Gasteiger partial charge >= 0.3 is 0 Å². The Morgan fingerprint density at radius 2 is 1.93 bits per heavy atom. The molecular weight excluding hydrogens is 246 g/mol. The Kier molecular flexibility index (Phi) is 8.87. The molecule has 0 bridgehead atoms. The zero-order valence-corrected chi connectivity index (χ0v) is 11.2. The molecule has 0 N–H and O–H groups in total.